The van der Waals surface area contributed by atoms with Gasteiger partial charge in [0.1, 0.15) is 5.75 Å². The van der Waals surface area contributed by atoms with E-state index in [2.05, 4.69) is 5.32 Å². The number of amides is 1. The summed E-state index contributed by atoms with van der Waals surface area (Å²) < 4.78 is 5.88. The summed E-state index contributed by atoms with van der Waals surface area (Å²) in [7, 11) is 0. The molecule has 1 heterocycles. The van der Waals surface area contributed by atoms with E-state index >= 15 is 0 Å². The quantitative estimate of drug-likeness (QED) is 0.836. The van der Waals surface area contributed by atoms with E-state index < -0.39 is 6.09 Å². The van der Waals surface area contributed by atoms with E-state index in [0.717, 1.165) is 16.7 Å². The Morgan fingerprint density at radius 3 is 2.70 bits per heavy atom. The fourth-order valence-electron chi connectivity index (χ4n) is 2.91. The summed E-state index contributed by atoms with van der Waals surface area (Å²) in [6, 6.07) is 13.1. The lowest BCUT2D eigenvalue weighted by Gasteiger charge is -2.39. The second-order valence-electron chi connectivity index (χ2n) is 6.42. The van der Waals surface area contributed by atoms with Gasteiger partial charge in [-0.2, -0.15) is 0 Å². The highest BCUT2D eigenvalue weighted by Gasteiger charge is 2.38. The minimum atomic E-state index is -1.03. The van der Waals surface area contributed by atoms with E-state index in [9.17, 15) is 4.79 Å². The Kier molecular flexibility index (Phi) is 3.94. The van der Waals surface area contributed by atoms with Crippen LogP contribution in [0.25, 0.3) is 11.1 Å². The van der Waals surface area contributed by atoms with Gasteiger partial charge in [0, 0.05) is 16.0 Å². The van der Waals surface area contributed by atoms with Gasteiger partial charge in [0.15, 0.2) is 0 Å². The van der Waals surface area contributed by atoms with E-state index in [-0.39, 0.29) is 11.5 Å². The van der Waals surface area contributed by atoms with Crippen molar-refractivity contribution in [2.24, 2.45) is 5.41 Å². The van der Waals surface area contributed by atoms with Gasteiger partial charge < -0.3 is 15.2 Å². The van der Waals surface area contributed by atoms with Crippen LogP contribution in [-0.4, -0.2) is 17.8 Å². The molecule has 2 aromatic rings. The standard InChI is InChI=1S/C18H18ClNO3/c1-18(2)10-23-15-9-12(11-4-3-5-13(19)8-11)6-7-14(15)16(18)20-17(21)22/h3-9,16,20H,10H2,1-2H3,(H,21,22). The Morgan fingerprint density at radius 2 is 2.00 bits per heavy atom. The summed E-state index contributed by atoms with van der Waals surface area (Å²) in [6.07, 6.45) is -1.03. The molecule has 23 heavy (non-hydrogen) atoms. The monoisotopic (exact) mass is 331 g/mol. The maximum absolute atomic E-state index is 11.1. The molecule has 2 N–H and O–H groups in total. The van der Waals surface area contributed by atoms with Crippen LogP contribution in [0.3, 0.4) is 0 Å². The van der Waals surface area contributed by atoms with Crippen LogP contribution in [0.4, 0.5) is 4.79 Å². The molecule has 0 saturated heterocycles. The number of ether oxygens (including phenoxy) is 1. The molecule has 3 rings (SSSR count). The zero-order chi connectivity index (χ0) is 16.6. The summed E-state index contributed by atoms with van der Waals surface area (Å²) in [5.41, 5.74) is 2.52. The fourth-order valence-corrected chi connectivity index (χ4v) is 3.10. The molecular formula is C18H18ClNO3. The van der Waals surface area contributed by atoms with Crippen LogP contribution in [0.1, 0.15) is 25.5 Å². The van der Waals surface area contributed by atoms with Crippen LogP contribution in [-0.2, 0) is 0 Å². The highest BCUT2D eigenvalue weighted by atomic mass is 35.5. The third kappa shape index (κ3) is 3.13. The zero-order valence-corrected chi connectivity index (χ0v) is 13.7. The third-order valence-electron chi connectivity index (χ3n) is 4.13. The SMILES string of the molecule is CC1(C)COc2cc(-c3cccc(Cl)c3)ccc2C1NC(=O)O. The Labute approximate surface area is 140 Å². The van der Waals surface area contributed by atoms with Gasteiger partial charge in [-0.1, -0.05) is 49.7 Å². The fraction of sp³-hybridized carbons (Fsp3) is 0.278. The Hall–Kier alpha value is -2.20. The largest absolute Gasteiger partial charge is 0.493 e. The molecule has 5 heteroatoms. The summed E-state index contributed by atoms with van der Waals surface area (Å²) in [6.45, 7) is 4.42. The van der Waals surface area contributed by atoms with E-state index in [4.69, 9.17) is 21.4 Å². The number of rotatable bonds is 2. The number of nitrogens with one attached hydrogen (secondary N) is 1. The normalized spacial score (nSPS) is 18.7. The molecule has 0 fully saturated rings. The van der Waals surface area contributed by atoms with Gasteiger partial charge in [-0.3, -0.25) is 0 Å². The summed E-state index contributed by atoms with van der Waals surface area (Å²) in [4.78, 5) is 11.1. The molecular weight excluding hydrogens is 314 g/mol. The van der Waals surface area contributed by atoms with Crippen molar-refractivity contribution in [3.05, 3.63) is 53.1 Å². The minimum absolute atomic E-state index is 0.308. The Bertz CT molecular complexity index is 758. The Morgan fingerprint density at radius 1 is 1.26 bits per heavy atom. The second kappa shape index (κ2) is 5.78. The van der Waals surface area contributed by atoms with Crippen molar-refractivity contribution in [2.75, 3.05) is 6.61 Å². The molecule has 0 aromatic heterocycles. The number of benzene rings is 2. The van der Waals surface area contributed by atoms with Crippen LogP contribution >= 0.6 is 11.6 Å². The van der Waals surface area contributed by atoms with Crippen molar-refractivity contribution >= 4 is 17.7 Å². The lowest BCUT2D eigenvalue weighted by Crippen LogP contribution is -2.43. The van der Waals surface area contributed by atoms with Crippen LogP contribution in [0, 0.1) is 5.41 Å². The van der Waals surface area contributed by atoms with Crippen LogP contribution in [0.2, 0.25) is 5.02 Å². The average Bonchev–Trinajstić information content (AvgIpc) is 2.49. The molecule has 4 nitrogen and oxygen atoms in total. The van der Waals surface area contributed by atoms with Crippen molar-refractivity contribution in [1.29, 1.82) is 0 Å². The molecule has 0 saturated carbocycles. The van der Waals surface area contributed by atoms with Crippen LogP contribution in [0.5, 0.6) is 5.75 Å². The number of hydrogen-bond acceptors (Lipinski definition) is 2. The van der Waals surface area contributed by atoms with Gasteiger partial charge in [0.2, 0.25) is 0 Å². The topological polar surface area (TPSA) is 58.6 Å². The lowest BCUT2D eigenvalue weighted by molar-refractivity contribution is 0.0996. The summed E-state index contributed by atoms with van der Waals surface area (Å²) in [5.74, 6) is 0.709. The molecule has 2 aromatic carbocycles. The molecule has 1 amide bonds. The van der Waals surface area contributed by atoms with Gasteiger partial charge in [-0.25, -0.2) is 4.79 Å². The molecule has 1 atom stereocenters. The first-order chi connectivity index (χ1) is 10.9. The number of carbonyl (C=O) groups is 1. The van der Waals surface area contributed by atoms with Crippen molar-refractivity contribution in [1.82, 2.24) is 5.32 Å². The molecule has 0 spiro atoms. The number of hydrogen-bond donors (Lipinski definition) is 2. The van der Waals surface area contributed by atoms with Crippen molar-refractivity contribution < 1.29 is 14.6 Å². The maximum atomic E-state index is 11.1. The first kappa shape index (κ1) is 15.7. The van der Waals surface area contributed by atoms with E-state index in [1.54, 1.807) is 0 Å². The average molecular weight is 332 g/mol. The summed E-state index contributed by atoms with van der Waals surface area (Å²) in [5, 5.41) is 12.4. The molecule has 1 aliphatic heterocycles. The highest BCUT2D eigenvalue weighted by molar-refractivity contribution is 6.30. The van der Waals surface area contributed by atoms with Gasteiger partial charge in [0.05, 0.1) is 12.6 Å². The predicted octanol–water partition coefficient (Wildman–Crippen LogP) is 4.73. The third-order valence-corrected chi connectivity index (χ3v) is 4.37. The first-order valence-corrected chi connectivity index (χ1v) is 7.77. The van der Waals surface area contributed by atoms with E-state index in [0.29, 0.717) is 17.4 Å². The van der Waals surface area contributed by atoms with Gasteiger partial charge in [0.25, 0.3) is 0 Å². The smallest absolute Gasteiger partial charge is 0.405 e. The molecule has 0 radical (unpaired) electrons. The highest BCUT2D eigenvalue weighted by Crippen LogP contribution is 2.44. The van der Waals surface area contributed by atoms with Crippen molar-refractivity contribution in [2.45, 2.75) is 19.9 Å². The molecule has 120 valence electrons. The Balaban J connectivity index is 2.02. The van der Waals surface area contributed by atoms with Crippen LogP contribution in [0.15, 0.2) is 42.5 Å². The number of fused-ring (bicyclic) bond motifs is 1. The number of halogens is 1. The van der Waals surface area contributed by atoms with Crippen molar-refractivity contribution in [3.63, 3.8) is 0 Å². The second-order valence-corrected chi connectivity index (χ2v) is 6.86. The summed E-state index contributed by atoms with van der Waals surface area (Å²) >= 11 is 6.05. The zero-order valence-electron chi connectivity index (χ0n) is 13.0. The predicted molar refractivity (Wildman–Crippen MR) is 90.1 cm³/mol. The molecule has 1 aliphatic rings. The first-order valence-electron chi connectivity index (χ1n) is 7.39. The minimum Gasteiger partial charge on any atom is -0.493 e. The van der Waals surface area contributed by atoms with Crippen LogP contribution < -0.4 is 10.1 Å². The number of carboxylic acid groups (broad SMARTS) is 1. The van der Waals surface area contributed by atoms with Gasteiger partial charge in [-0.05, 0) is 29.3 Å². The van der Waals surface area contributed by atoms with Gasteiger partial charge in [-0.15, -0.1) is 0 Å². The van der Waals surface area contributed by atoms with E-state index in [1.165, 1.54) is 0 Å². The maximum Gasteiger partial charge on any atom is 0.405 e. The molecule has 1 unspecified atom stereocenters. The lowest BCUT2D eigenvalue weighted by atomic mass is 9.78. The van der Waals surface area contributed by atoms with E-state index in [1.807, 2.05) is 56.3 Å². The van der Waals surface area contributed by atoms with Gasteiger partial charge >= 0.3 is 6.09 Å². The van der Waals surface area contributed by atoms with Crippen molar-refractivity contribution in [3.8, 4) is 16.9 Å². The molecule has 0 aliphatic carbocycles. The molecule has 0 bridgehead atoms.